The highest BCUT2D eigenvalue weighted by molar-refractivity contribution is 6.06. The molecule has 3 aromatic carbocycles. The maximum absolute atomic E-state index is 12.1. The van der Waals surface area contributed by atoms with Crippen molar-refractivity contribution in [3.8, 4) is 5.69 Å². The van der Waals surface area contributed by atoms with Crippen LogP contribution < -0.4 is 0 Å². The lowest BCUT2D eigenvalue weighted by Gasteiger charge is -2.04. The average molecular weight is 324 g/mol. The molecule has 4 rings (SSSR count). The van der Waals surface area contributed by atoms with Crippen LogP contribution in [0.3, 0.4) is 0 Å². The molecule has 4 aromatic rings. The van der Waals surface area contributed by atoms with Crippen molar-refractivity contribution in [3.05, 3.63) is 102 Å². The first-order valence-corrected chi connectivity index (χ1v) is 8.11. The third-order valence-electron chi connectivity index (χ3n) is 4.11. The van der Waals surface area contributed by atoms with Crippen LogP contribution in [0.25, 0.3) is 22.8 Å². The lowest BCUT2D eigenvalue weighted by atomic mass is 10.1. The SMILES string of the molecule is O=C(/C=C/c1ccc(-n2cnc3ccccc32)cc1)c1ccccc1. The Labute approximate surface area is 145 Å². The molecule has 0 aliphatic carbocycles. The quantitative estimate of drug-likeness (QED) is 0.394. The number of allylic oxidation sites excluding steroid dienone is 1. The number of fused-ring (bicyclic) bond motifs is 1. The van der Waals surface area contributed by atoms with E-state index in [-0.39, 0.29) is 5.78 Å². The summed E-state index contributed by atoms with van der Waals surface area (Å²) in [4.78, 5) is 16.5. The van der Waals surface area contributed by atoms with Gasteiger partial charge in [0.15, 0.2) is 5.78 Å². The van der Waals surface area contributed by atoms with E-state index in [1.807, 2.05) is 85.2 Å². The van der Waals surface area contributed by atoms with Gasteiger partial charge in [0.2, 0.25) is 0 Å². The molecule has 1 aromatic heterocycles. The molecule has 1 heterocycles. The number of aromatic nitrogens is 2. The van der Waals surface area contributed by atoms with Gasteiger partial charge in [0.05, 0.1) is 11.0 Å². The van der Waals surface area contributed by atoms with Gasteiger partial charge in [-0.05, 0) is 35.9 Å². The van der Waals surface area contributed by atoms with Gasteiger partial charge in [0.1, 0.15) is 6.33 Å². The number of carbonyl (C=O) groups excluding carboxylic acids is 1. The molecule has 3 heteroatoms. The topological polar surface area (TPSA) is 34.9 Å². The Morgan fingerprint density at radius 3 is 2.36 bits per heavy atom. The van der Waals surface area contributed by atoms with E-state index in [4.69, 9.17) is 0 Å². The van der Waals surface area contributed by atoms with Crippen LogP contribution in [0.15, 0.2) is 91.3 Å². The summed E-state index contributed by atoms with van der Waals surface area (Å²) < 4.78 is 2.05. The minimum absolute atomic E-state index is 0.00489. The van der Waals surface area contributed by atoms with Gasteiger partial charge >= 0.3 is 0 Å². The van der Waals surface area contributed by atoms with E-state index >= 15 is 0 Å². The summed E-state index contributed by atoms with van der Waals surface area (Å²) >= 11 is 0. The highest BCUT2D eigenvalue weighted by Gasteiger charge is 2.03. The van der Waals surface area contributed by atoms with E-state index < -0.39 is 0 Å². The number of rotatable bonds is 4. The van der Waals surface area contributed by atoms with Crippen LogP contribution in [0.2, 0.25) is 0 Å². The Morgan fingerprint density at radius 2 is 1.56 bits per heavy atom. The molecule has 0 fully saturated rings. The maximum atomic E-state index is 12.1. The molecule has 120 valence electrons. The second-order valence-electron chi connectivity index (χ2n) is 5.76. The lowest BCUT2D eigenvalue weighted by Crippen LogP contribution is -1.93. The first-order valence-electron chi connectivity index (χ1n) is 8.11. The predicted molar refractivity (Wildman–Crippen MR) is 101 cm³/mol. The zero-order valence-electron chi connectivity index (χ0n) is 13.5. The van der Waals surface area contributed by atoms with Crippen LogP contribution in [0.5, 0.6) is 0 Å². The molecule has 0 spiro atoms. The van der Waals surface area contributed by atoms with Gasteiger partial charge < -0.3 is 0 Å². The first kappa shape index (κ1) is 15.1. The normalized spacial score (nSPS) is 11.2. The summed E-state index contributed by atoms with van der Waals surface area (Å²) in [5.41, 5.74) is 4.77. The fourth-order valence-electron chi connectivity index (χ4n) is 2.78. The van der Waals surface area contributed by atoms with Crippen molar-refractivity contribution in [3.63, 3.8) is 0 Å². The minimum atomic E-state index is 0.00489. The summed E-state index contributed by atoms with van der Waals surface area (Å²) in [6.07, 6.45) is 5.27. The molecule has 0 atom stereocenters. The number of ketones is 1. The number of hydrogen-bond acceptors (Lipinski definition) is 2. The van der Waals surface area contributed by atoms with E-state index in [9.17, 15) is 4.79 Å². The molecule has 0 amide bonds. The van der Waals surface area contributed by atoms with Crippen molar-refractivity contribution >= 4 is 22.9 Å². The van der Waals surface area contributed by atoms with Crippen molar-refractivity contribution < 1.29 is 4.79 Å². The molecule has 3 nitrogen and oxygen atoms in total. The van der Waals surface area contributed by atoms with Crippen molar-refractivity contribution in [2.45, 2.75) is 0 Å². The van der Waals surface area contributed by atoms with Gasteiger partial charge in [0.25, 0.3) is 0 Å². The number of benzene rings is 3. The summed E-state index contributed by atoms with van der Waals surface area (Å²) in [5.74, 6) is 0.00489. The van der Waals surface area contributed by atoms with Crippen LogP contribution in [0.1, 0.15) is 15.9 Å². The molecule has 0 aliphatic rings. The molecule has 0 saturated heterocycles. The third-order valence-corrected chi connectivity index (χ3v) is 4.11. The van der Waals surface area contributed by atoms with Crippen molar-refractivity contribution in [2.24, 2.45) is 0 Å². The first-order chi connectivity index (χ1) is 12.3. The Balaban J connectivity index is 1.56. The van der Waals surface area contributed by atoms with E-state index in [1.165, 1.54) is 0 Å². The maximum Gasteiger partial charge on any atom is 0.185 e. The largest absolute Gasteiger partial charge is 0.299 e. The van der Waals surface area contributed by atoms with Gasteiger partial charge in [-0.2, -0.15) is 0 Å². The Morgan fingerprint density at radius 1 is 0.840 bits per heavy atom. The van der Waals surface area contributed by atoms with Gasteiger partial charge in [-0.15, -0.1) is 0 Å². The third kappa shape index (κ3) is 3.12. The number of hydrogen-bond donors (Lipinski definition) is 0. The minimum Gasteiger partial charge on any atom is -0.299 e. The van der Waals surface area contributed by atoms with Crippen molar-refractivity contribution in [2.75, 3.05) is 0 Å². The zero-order chi connectivity index (χ0) is 17.1. The predicted octanol–water partition coefficient (Wildman–Crippen LogP) is 4.92. The molecular formula is C22H16N2O. The molecule has 25 heavy (non-hydrogen) atoms. The van der Waals surface area contributed by atoms with E-state index in [2.05, 4.69) is 15.6 Å². The Hall–Kier alpha value is -3.46. The van der Waals surface area contributed by atoms with Gasteiger partial charge in [-0.25, -0.2) is 4.98 Å². The van der Waals surface area contributed by atoms with Gasteiger partial charge in [0, 0.05) is 11.3 Å². The number of imidazole rings is 1. The standard InChI is InChI=1S/C22H16N2O/c25-22(18-6-2-1-3-7-18)15-12-17-10-13-19(14-11-17)24-16-23-20-8-4-5-9-21(20)24/h1-16H/b15-12+. The van der Waals surface area contributed by atoms with Crippen LogP contribution in [-0.4, -0.2) is 15.3 Å². The van der Waals surface area contributed by atoms with Crippen LogP contribution in [-0.2, 0) is 0 Å². The molecular weight excluding hydrogens is 308 g/mol. The highest BCUT2D eigenvalue weighted by atomic mass is 16.1. The van der Waals surface area contributed by atoms with Crippen molar-refractivity contribution in [1.82, 2.24) is 9.55 Å². The summed E-state index contributed by atoms with van der Waals surface area (Å²) in [5, 5.41) is 0. The second kappa shape index (κ2) is 6.57. The molecule has 0 radical (unpaired) electrons. The highest BCUT2D eigenvalue weighted by Crippen LogP contribution is 2.18. The van der Waals surface area contributed by atoms with Crippen LogP contribution in [0.4, 0.5) is 0 Å². The zero-order valence-corrected chi connectivity index (χ0v) is 13.5. The molecule has 0 N–H and O–H groups in total. The Kier molecular flexibility index (Phi) is 3.97. The van der Waals surface area contributed by atoms with Crippen LogP contribution in [0, 0.1) is 0 Å². The monoisotopic (exact) mass is 324 g/mol. The van der Waals surface area contributed by atoms with Crippen LogP contribution >= 0.6 is 0 Å². The van der Waals surface area contributed by atoms with Gasteiger partial charge in [-0.3, -0.25) is 9.36 Å². The molecule has 0 unspecified atom stereocenters. The lowest BCUT2D eigenvalue weighted by molar-refractivity contribution is 0.104. The average Bonchev–Trinajstić information content (AvgIpc) is 3.11. The Bertz CT molecular complexity index is 1040. The number of nitrogens with zero attached hydrogens (tertiary/aromatic N) is 2. The van der Waals surface area contributed by atoms with E-state index in [0.29, 0.717) is 5.56 Å². The summed E-state index contributed by atoms with van der Waals surface area (Å²) in [6.45, 7) is 0. The fourth-order valence-corrected chi connectivity index (χ4v) is 2.78. The molecule has 0 saturated carbocycles. The molecule has 0 bridgehead atoms. The fraction of sp³-hybridized carbons (Fsp3) is 0. The summed E-state index contributed by atoms with van der Waals surface area (Å²) in [7, 11) is 0. The smallest absolute Gasteiger partial charge is 0.185 e. The number of para-hydroxylation sites is 2. The second-order valence-corrected chi connectivity index (χ2v) is 5.76. The van der Waals surface area contributed by atoms with E-state index in [1.54, 1.807) is 6.08 Å². The van der Waals surface area contributed by atoms with Crippen molar-refractivity contribution in [1.29, 1.82) is 0 Å². The summed E-state index contributed by atoms with van der Waals surface area (Å²) in [6, 6.07) is 25.4. The molecule has 0 aliphatic heterocycles. The van der Waals surface area contributed by atoms with E-state index in [0.717, 1.165) is 22.3 Å². The number of carbonyl (C=O) groups is 1. The van der Waals surface area contributed by atoms with Gasteiger partial charge in [-0.1, -0.05) is 60.7 Å².